The minimum atomic E-state index is -0.0741. The molecule has 2 heteroatoms. The third-order valence-corrected chi connectivity index (χ3v) is 1.55. The Labute approximate surface area is 60.3 Å². The molecule has 0 amide bonds. The lowest BCUT2D eigenvalue weighted by Gasteiger charge is -2.00. The molecule has 1 N–H and O–H groups in total. The van der Waals surface area contributed by atoms with Gasteiger partial charge >= 0.3 is 0 Å². The fourth-order valence-electron chi connectivity index (χ4n) is 0.928. The quantitative estimate of drug-likeness (QED) is 0.672. The van der Waals surface area contributed by atoms with Gasteiger partial charge in [-0.1, -0.05) is 6.92 Å². The van der Waals surface area contributed by atoms with Crippen LogP contribution in [0.25, 0.3) is 0 Å². The van der Waals surface area contributed by atoms with Crippen molar-refractivity contribution in [3.8, 4) is 0 Å². The highest BCUT2D eigenvalue weighted by atomic mass is 16.1. The molecule has 0 aliphatic carbocycles. The highest BCUT2D eigenvalue weighted by Crippen LogP contribution is 2.13. The summed E-state index contributed by atoms with van der Waals surface area (Å²) in [4.78, 5) is 13.3. The standard InChI is InChI=1S/C8H10NO/c1-2-7(6-10)8-4-3-5-9-8/h3-5,7,9H,2H2,1H3. The van der Waals surface area contributed by atoms with Crippen molar-refractivity contribution in [3.63, 3.8) is 0 Å². The first kappa shape index (κ1) is 7.06. The zero-order valence-electron chi connectivity index (χ0n) is 5.92. The lowest BCUT2D eigenvalue weighted by atomic mass is 10.1. The summed E-state index contributed by atoms with van der Waals surface area (Å²) in [5, 5.41) is 0. The number of nitrogens with one attached hydrogen (secondary N) is 1. The summed E-state index contributed by atoms with van der Waals surface area (Å²) in [5.74, 6) is -0.0741. The van der Waals surface area contributed by atoms with E-state index in [-0.39, 0.29) is 5.92 Å². The van der Waals surface area contributed by atoms with Crippen molar-refractivity contribution in [2.24, 2.45) is 0 Å². The molecule has 1 unspecified atom stereocenters. The SMILES string of the molecule is CCC([C]=O)c1ccc[nH]1. The smallest absolute Gasteiger partial charge is 0.208 e. The number of hydrogen-bond acceptors (Lipinski definition) is 1. The number of carbonyl (C=O) groups excluding carboxylic acids is 1. The van der Waals surface area contributed by atoms with E-state index in [0.717, 1.165) is 12.1 Å². The molecule has 0 spiro atoms. The van der Waals surface area contributed by atoms with E-state index >= 15 is 0 Å². The van der Waals surface area contributed by atoms with Crippen molar-refractivity contribution < 1.29 is 4.79 Å². The molecule has 53 valence electrons. The predicted octanol–water partition coefficient (Wildman–Crippen LogP) is 1.62. The zero-order valence-corrected chi connectivity index (χ0v) is 5.92. The van der Waals surface area contributed by atoms with Gasteiger partial charge in [0, 0.05) is 11.9 Å². The first-order valence-electron chi connectivity index (χ1n) is 3.39. The molecule has 0 fully saturated rings. The van der Waals surface area contributed by atoms with Crippen LogP contribution in [0.4, 0.5) is 0 Å². The Morgan fingerprint density at radius 2 is 2.60 bits per heavy atom. The highest BCUT2D eigenvalue weighted by molar-refractivity contribution is 5.61. The van der Waals surface area contributed by atoms with Crippen LogP contribution < -0.4 is 0 Å². The van der Waals surface area contributed by atoms with Crippen molar-refractivity contribution in [1.82, 2.24) is 4.98 Å². The van der Waals surface area contributed by atoms with E-state index in [2.05, 4.69) is 4.98 Å². The van der Waals surface area contributed by atoms with E-state index in [4.69, 9.17) is 0 Å². The fraction of sp³-hybridized carbons (Fsp3) is 0.375. The maximum absolute atomic E-state index is 10.3. The summed E-state index contributed by atoms with van der Waals surface area (Å²) in [6, 6.07) is 3.79. The highest BCUT2D eigenvalue weighted by Gasteiger charge is 2.07. The molecule has 0 saturated carbocycles. The number of aromatic amines is 1. The molecule has 2 nitrogen and oxygen atoms in total. The van der Waals surface area contributed by atoms with Crippen LogP contribution in [0.15, 0.2) is 18.3 Å². The average Bonchev–Trinajstić information content (AvgIpc) is 2.43. The molecule has 0 aliphatic rings. The van der Waals surface area contributed by atoms with Crippen molar-refractivity contribution in [2.45, 2.75) is 19.3 Å². The van der Waals surface area contributed by atoms with Crippen LogP contribution in [-0.2, 0) is 4.79 Å². The Morgan fingerprint density at radius 3 is 3.00 bits per heavy atom. The van der Waals surface area contributed by atoms with Crippen molar-refractivity contribution in [2.75, 3.05) is 0 Å². The summed E-state index contributed by atoms with van der Waals surface area (Å²) >= 11 is 0. The molecule has 1 aromatic rings. The fourth-order valence-corrected chi connectivity index (χ4v) is 0.928. The lowest BCUT2D eigenvalue weighted by Crippen LogP contribution is -1.97. The molecule has 1 heterocycles. The molecule has 1 rings (SSSR count). The van der Waals surface area contributed by atoms with Gasteiger partial charge < -0.3 is 4.98 Å². The second kappa shape index (κ2) is 3.20. The normalized spacial score (nSPS) is 12.9. The third kappa shape index (κ3) is 1.26. The van der Waals surface area contributed by atoms with Crippen LogP contribution in [0.2, 0.25) is 0 Å². The molecule has 1 aromatic heterocycles. The van der Waals surface area contributed by atoms with Crippen LogP contribution >= 0.6 is 0 Å². The van der Waals surface area contributed by atoms with Gasteiger partial charge in [0.05, 0.1) is 5.92 Å². The van der Waals surface area contributed by atoms with E-state index in [1.165, 1.54) is 0 Å². The summed E-state index contributed by atoms with van der Waals surface area (Å²) in [6.07, 6.45) is 4.60. The van der Waals surface area contributed by atoms with Crippen LogP contribution in [0.5, 0.6) is 0 Å². The number of rotatable bonds is 3. The Bertz CT molecular complexity index is 191. The minimum absolute atomic E-state index is 0.0741. The monoisotopic (exact) mass is 136 g/mol. The molecule has 1 atom stereocenters. The molecule has 0 aliphatic heterocycles. The van der Waals surface area contributed by atoms with Crippen molar-refractivity contribution >= 4 is 6.29 Å². The third-order valence-electron chi connectivity index (χ3n) is 1.55. The van der Waals surface area contributed by atoms with Gasteiger partial charge in [-0.05, 0) is 18.6 Å². The first-order chi connectivity index (χ1) is 4.88. The van der Waals surface area contributed by atoms with Crippen LogP contribution in [0.3, 0.4) is 0 Å². The number of H-pyrrole nitrogens is 1. The maximum atomic E-state index is 10.3. The molecule has 0 saturated heterocycles. The molecular formula is C8H10NO. The Balaban J connectivity index is 2.73. The summed E-state index contributed by atoms with van der Waals surface area (Å²) in [7, 11) is 0. The minimum Gasteiger partial charge on any atom is -0.364 e. The maximum Gasteiger partial charge on any atom is 0.208 e. The van der Waals surface area contributed by atoms with Gasteiger partial charge in [-0.15, -0.1) is 0 Å². The number of aromatic nitrogens is 1. The van der Waals surface area contributed by atoms with Gasteiger partial charge in [0.15, 0.2) is 0 Å². The second-order valence-corrected chi connectivity index (χ2v) is 2.20. The van der Waals surface area contributed by atoms with Crippen LogP contribution in [0, 0.1) is 0 Å². The van der Waals surface area contributed by atoms with Crippen LogP contribution in [0.1, 0.15) is 25.0 Å². The predicted molar refractivity (Wildman–Crippen MR) is 39.5 cm³/mol. The van der Waals surface area contributed by atoms with Gasteiger partial charge in [0.25, 0.3) is 0 Å². The summed E-state index contributed by atoms with van der Waals surface area (Å²) in [5.41, 5.74) is 0.956. The van der Waals surface area contributed by atoms with Gasteiger partial charge in [0.2, 0.25) is 6.29 Å². The Morgan fingerprint density at radius 1 is 1.80 bits per heavy atom. The molecule has 1 radical (unpaired) electrons. The van der Waals surface area contributed by atoms with E-state index in [0.29, 0.717) is 0 Å². The largest absolute Gasteiger partial charge is 0.364 e. The van der Waals surface area contributed by atoms with Gasteiger partial charge in [0.1, 0.15) is 0 Å². The average molecular weight is 136 g/mol. The second-order valence-electron chi connectivity index (χ2n) is 2.20. The van der Waals surface area contributed by atoms with Gasteiger partial charge in [-0.2, -0.15) is 0 Å². The van der Waals surface area contributed by atoms with Crippen LogP contribution in [-0.4, -0.2) is 11.3 Å². The van der Waals surface area contributed by atoms with E-state index < -0.39 is 0 Å². The summed E-state index contributed by atoms with van der Waals surface area (Å²) in [6.45, 7) is 1.97. The van der Waals surface area contributed by atoms with E-state index in [1.54, 1.807) is 0 Å². The van der Waals surface area contributed by atoms with E-state index in [1.807, 2.05) is 31.5 Å². The lowest BCUT2D eigenvalue weighted by molar-refractivity contribution is 0.539. The Hall–Kier alpha value is -1.05. The topological polar surface area (TPSA) is 32.9 Å². The van der Waals surface area contributed by atoms with Gasteiger partial charge in [-0.25, -0.2) is 0 Å². The zero-order chi connectivity index (χ0) is 7.40. The number of hydrogen-bond donors (Lipinski definition) is 1. The molecule has 0 bridgehead atoms. The summed E-state index contributed by atoms with van der Waals surface area (Å²) < 4.78 is 0. The van der Waals surface area contributed by atoms with E-state index in [9.17, 15) is 4.79 Å². The first-order valence-corrected chi connectivity index (χ1v) is 3.39. The Kier molecular flexibility index (Phi) is 2.26. The van der Waals surface area contributed by atoms with Gasteiger partial charge in [-0.3, -0.25) is 4.79 Å². The van der Waals surface area contributed by atoms with Crippen molar-refractivity contribution in [1.29, 1.82) is 0 Å². The van der Waals surface area contributed by atoms with Crippen molar-refractivity contribution in [3.05, 3.63) is 24.0 Å². The molecule has 10 heavy (non-hydrogen) atoms. The molecular weight excluding hydrogens is 126 g/mol. The molecule has 0 aromatic carbocycles.